The average Bonchev–Trinajstić information content (AvgIpc) is 2.34. The quantitative estimate of drug-likeness (QED) is 0.930. The van der Waals surface area contributed by atoms with E-state index in [4.69, 9.17) is 10.5 Å². The van der Waals surface area contributed by atoms with E-state index in [-0.39, 0.29) is 17.9 Å². The van der Waals surface area contributed by atoms with Gasteiger partial charge in [-0.15, -0.1) is 0 Å². The zero-order valence-corrected chi connectivity index (χ0v) is 12.0. The van der Waals surface area contributed by atoms with Gasteiger partial charge in [0.05, 0.1) is 19.3 Å². The first-order valence-electron chi connectivity index (χ1n) is 6.12. The van der Waals surface area contributed by atoms with Crippen molar-refractivity contribution >= 4 is 15.9 Å². The fourth-order valence-corrected chi connectivity index (χ4v) is 2.75. The molecule has 18 heavy (non-hydrogen) atoms. The summed E-state index contributed by atoms with van der Waals surface area (Å²) in [7, 11) is 0. The molecule has 1 aromatic carbocycles. The first kappa shape index (κ1) is 13.9. The lowest BCUT2D eigenvalue weighted by molar-refractivity contribution is -0.0215. The van der Waals surface area contributed by atoms with Crippen LogP contribution in [0.2, 0.25) is 0 Å². The molecule has 1 saturated heterocycles. The van der Waals surface area contributed by atoms with Crippen molar-refractivity contribution in [3.8, 4) is 0 Å². The highest BCUT2D eigenvalue weighted by molar-refractivity contribution is 9.10. The van der Waals surface area contributed by atoms with Gasteiger partial charge in [0.1, 0.15) is 5.82 Å². The third kappa shape index (κ3) is 2.91. The van der Waals surface area contributed by atoms with Gasteiger partial charge >= 0.3 is 0 Å². The van der Waals surface area contributed by atoms with Crippen LogP contribution < -0.4 is 5.73 Å². The van der Waals surface area contributed by atoms with Gasteiger partial charge in [0, 0.05) is 29.2 Å². The van der Waals surface area contributed by atoms with Crippen LogP contribution in [0.5, 0.6) is 0 Å². The van der Waals surface area contributed by atoms with Gasteiger partial charge < -0.3 is 10.5 Å². The molecular weight excluding hydrogens is 299 g/mol. The first-order chi connectivity index (χ1) is 8.63. The highest BCUT2D eigenvalue weighted by Gasteiger charge is 2.28. The molecular formula is C13H18BrFN2O. The molecule has 100 valence electrons. The molecule has 2 rings (SSSR count). The molecule has 2 N–H and O–H groups in total. The van der Waals surface area contributed by atoms with Gasteiger partial charge in [-0.05, 0) is 19.1 Å². The molecule has 0 aromatic heterocycles. The summed E-state index contributed by atoms with van der Waals surface area (Å²) in [6.07, 6.45) is 0. The zero-order valence-electron chi connectivity index (χ0n) is 10.4. The Morgan fingerprint density at radius 2 is 2.39 bits per heavy atom. The smallest absolute Gasteiger partial charge is 0.129 e. The Labute approximate surface area is 115 Å². The fourth-order valence-electron chi connectivity index (χ4n) is 2.42. The number of halogens is 2. The molecule has 5 heteroatoms. The Morgan fingerprint density at radius 3 is 3.00 bits per heavy atom. The maximum absolute atomic E-state index is 14.0. The molecule has 1 fully saturated rings. The van der Waals surface area contributed by atoms with Crippen molar-refractivity contribution in [1.29, 1.82) is 0 Å². The van der Waals surface area contributed by atoms with Crippen molar-refractivity contribution in [3.63, 3.8) is 0 Å². The fraction of sp³-hybridized carbons (Fsp3) is 0.538. The predicted octanol–water partition coefficient (Wildman–Crippen LogP) is 2.31. The second kappa shape index (κ2) is 6.10. The summed E-state index contributed by atoms with van der Waals surface area (Å²) >= 11 is 3.27. The Kier molecular flexibility index (Phi) is 4.72. The number of hydrogen-bond acceptors (Lipinski definition) is 3. The Bertz CT molecular complexity index is 416. The highest BCUT2D eigenvalue weighted by atomic mass is 79.9. The van der Waals surface area contributed by atoms with Crippen LogP contribution >= 0.6 is 15.9 Å². The van der Waals surface area contributed by atoms with Gasteiger partial charge in [0.25, 0.3) is 0 Å². The average molecular weight is 317 g/mol. The summed E-state index contributed by atoms with van der Waals surface area (Å²) in [5, 5.41) is 0. The van der Waals surface area contributed by atoms with Gasteiger partial charge in [0.15, 0.2) is 0 Å². The number of rotatable bonds is 3. The number of hydrogen-bond donors (Lipinski definition) is 1. The lowest BCUT2D eigenvalue weighted by atomic mass is 10.0. The van der Waals surface area contributed by atoms with Crippen molar-refractivity contribution in [2.75, 3.05) is 26.3 Å². The van der Waals surface area contributed by atoms with Gasteiger partial charge in [-0.3, -0.25) is 4.90 Å². The second-order valence-corrected chi connectivity index (χ2v) is 5.49. The topological polar surface area (TPSA) is 38.5 Å². The summed E-state index contributed by atoms with van der Waals surface area (Å²) < 4.78 is 20.2. The molecule has 0 bridgehead atoms. The van der Waals surface area contributed by atoms with Crippen LogP contribution in [0.4, 0.5) is 4.39 Å². The summed E-state index contributed by atoms with van der Waals surface area (Å²) in [5.41, 5.74) is 6.51. The summed E-state index contributed by atoms with van der Waals surface area (Å²) in [4.78, 5) is 2.22. The van der Waals surface area contributed by atoms with Crippen LogP contribution in [-0.4, -0.2) is 37.2 Å². The van der Waals surface area contributed by atoms with E-state index in [9.17, 15) is 4.39 Å². The van der Waals surface area contributed by atoms with Gasteiger partial charge in [-0.25, -0.2) is 4.39 Å². The van der Waals surface area contributed by atoms with Crippen LogP contribution in [0.1, 0.15) is 18.5 Å². The standard InChI is InChI=1S/C13H18BrFN2O/c1-9-8-18-5-4-17(9)13(7-16)11-3-2-10(14)6-12(11)15/h2-3,6,9,13H,4-5,7-8,16H2,1H3. The third-order valence-electron chi connectivity index (χ3n) is 3.36. The minimum atomic E-state index is -0.210. The Balaban J connectivity index is 2.26. The lowest BCUT2D eigenvalue weighted by Gasteiger charge is -2.39. The van der Waals surface area contributed by atoms with Crippen LogP contribution in [0.15, 0.2) is 22.7 Å². The van der Waals surface area contributed by atoms with Crippen LogP contribution in [-0.2, 0) is 4.74 Å². The third-order valence-corrected chi connectivity index (χ3v) is 3.86. The normalized spacial score (nSPS) is 23.0. The van der Waals surface area contributed by atoms with E-state index < -0.39 is 0 Å². The highest BCUT2D eigenvalue weighted by Crippen LogP contribution is 2.27. The van der Waals surface area contributed by atoms with Crippen LogP contribution in [0.25, 0.3) is 0 Å². The molecule has 1 aliphatic heterocycles. The number of ether oxygens (including phenoxy) is 1. The monoisotopic (exact) mass is 316 g/mol. The molecule has 1 heterocycles. The second-order valence-electron chi connectivity index (χ2n) is 4.58. The lowest BCUT2D eigenvalue weighted by Crippen LogP contribution is -2.47. The van der Waals surface area contributed by atoms with Crippen LogP contribution in [0, 0.1) is 5.82 Å². The molecule has 0 amide bonds. The molecule has 0 radical (unpaired) electrons. The molecule has 2 atom stereocenters. The minimum Gasteiger partial charge on any atom is -0.379 e. The molecule has 2 unspecified atom stereocenters. The SMILES string of the molecule is CC1COCCN1C(CN)c1ccc(Br)cc1F. The molecule has 0 saturated carbocycles. The minimum absolute atomic E-state index is 0.0861. The van der Waals surface area contributed by atoms with Crippen molar-refractivity contribution in [2.45, 2.75) is 19.0 Å². The Morgan fingerprint density at radius 1 is 1.61 bits per heavy atom. The number of nitrogens with two attached hydrogens (primary N) is 1. The molecule has 0 aliphatic carbocycles. The first-order valence-corrected chi connectivity index (χ1v) is 6.91. The molecule has 3 nitrogen and oxygen atoms in total. The van der Waals surface area contributed by atoms with E-state index in [1.165, 1.54) is 6.07 Å². The van der Waals surface area contributed by atoms with Crippen LogP contribution in [0.3, 0.4) is 0 Å². The maximum Gasteiger partial charge on any atom is 0.129 e. The predicted molar refractivity (Wildman–Crippen MR) is 72.9 cm³/mol. The maximum atomic E-state index is 14.0. The van der Waals surface area contributed by atoms with Crippen molar-refractivity contribution < 1.29 is 9.13 Å². The van der Waals surface area contributed by atoms with E-state index in [0.717, 1.165) is 11.0 Å². The van der Waals surface area contributed by atoms with Gasteiger partial charge in [0.2, 0.25) is 0 Å². The summed E-state index contributed by atoms with van der Waals surface area (Å²) in [5.74, 6) is -0.210. The summed E-state index contributed by atoms with van der Waals surface area (Å²) in [6.45, 7) is 4.63. The van der Waals surface area contributed by atoms with E-state index in [0.29, 0.717) is 25.3 Å². The van der Waals surface area contributed by atoms with Crippen molar-refractivity contribution in [1.82, 2.24) is 4.90 Å². The van der Waals surface area contributed by atoms with Crippen molar-refractivity contribution in [3.05, 3.63) is 34.1 Å². The van der Waals surface area contributed by atoms with E-state index in [2.05, 4.69) is 27.8 Å². The van der Waals surface area contributed by atoms with E-state index >= 15 is 0 Å². The molecule has 1 aliphatic rings. The van der Waals surface area contributed by atoms with E-state index in [1.54, 1.807) is 6.07 Å². The largest absolute Gasteiger partial charge is 0.379 e. The van der Waals surface area contributed by atoms with Crippen molar-refractivity contribution in [2.24, 2.45) is 5.73 Å². The van der Waals surface area contributed by atoms with Gasteiger partial charge in [-0.1, -0.05) is 22.0 Å². The molecule has 0 spiro atoms. The molecule has 1 aromatic rings. The Hall–Kier alpha value is -0.490. The number of morpholine rings is 1. The number of nitrogens with zero attached hydrogens (tertiary/aromatic N) is 1. The summed E-state index contributed by atoms with van der Waals surface area (Å²) in [6, 6.07) is 5.32. The van der Waals surface area contributed by atoms with Gasteiger partial charge in [-0.2, -0.15) is 0 Å². The van der Waals surface area contributed by atoms with E-state index in [1.807, 2.05) is 6.07 Å². The number of benzene rings is 1. The zero-order chi connectivity index (χ0) is 13.1.